The van der Waals surface area contributed by atoms with Gasteiger partial charge in [0.05, 0.1) is 34.8 Å². The van der Waals surface area contributed by atoms with E-state index in [4.69, 9.17) is 0 Å². The molecule has 5 aromatic rings. The van der Waals surface area contributed by atoms with E-state index in [-0.39, 0.29) is 18.0 Å². The van der Waals surface area contributed by atoms with E-state index in [2.05, 4.69) is 25.8 Å². The molecule has 4 N–H and O–H groups in total. The van der Waals surface area contributed by atoms with Crippen LogP contribution in [0.2, 0.25) is 0 Å². The number of hydrogen-bond acceptors (Lipinski definition) is 6. The molecule has 9 heteroatoms. The van der Waals surface area contributed by atoms with Crippen LogP contribution in [0.25, 0.3) is 21.8 Å². The Kier molecular flexibility index (Phi) is 5.54. The zero-order valence-corrected chi connectivity index (χ0v) is 19.2. The van der Waals surface area contributed by atoms with Gasteiger partial charge in [0.1, 0.15) is 6.54 Å². The normalized spacial score (nSPS) is 11.6. The third-order valence-electron chi connectivity index (χ3n) is 5.74. The molecular weight excluding hydrogens is 444 g/mol. The summed E-state index contributed by atoms with van der Waals surface area (Å²) in [6, 6.07) is 16.2. The van der Waals surface area contributed by atoms with Crippen molar-refractivity contribution in [2.45, 2.75) is 26.0 Å². The Hall–Kier alpha value is -4.50. The second-order valence-electron chi connectivity index (χ2n) is 8.86. The van der Waals surface area contributed by atoms with Crippen LogP contribution < -0.4 is 16.2 Å². The molecule has 0 aliphatic rings. The lowest BCUT2D eigenvalue weighted by Gasteiger charge is -2.18. The van der Waals surface area contributed by atoms with E-state index in [1.165, 1.54) is 4.57 Å². The van der Waals surface area contributed by atoms with Crippen LogP contribution >= 0.6 is 0 Å². The lowest BCUT2D eigenvalue weighted by molar-refractivity contribution is -0.116. The van der Waals surface area contributed by atoms with E-state index in [0.29, 0.717) is 33.7 Å². The highest BCUT2D eigenvalue weighted by molar-refractivity contribution is 5.96. The lowest BCUT2D eigenvalue weighted by Crippen LogP contribution is -2.27. The van der Waals surface area contributed by atoms with Crippen molar-refractivity contribution in [3.8, 4) is 0 Å². The van der Waals surface area contributed by atoms with Crippen molar-refractivity contribution in [3.05, 3.63) is 89.1 Å². The van der Waals surface area contributed by atoms with E-state index in [9.17, 15) is 14.7 Å². The van der Waals surface area contributed by atoms with Gasteiger partial charge in [0.25, 0.3) is 5.56 Å². The summed E-state index contributed by atoms with van der Waals surface area (Å²) in [5.74, 6) is -0.348. The maximum Gasteiger partial charge on any atom is 0.261 e. The fraction of sp³-hybridized carbons (Fsp3) is 0.154. The van der Waals surface area contributed by atoms with Crippen LogP contribution in [0.4, 0.5) is 17.1 Å². The van der Waals surface area contributed by atoms with E-state index < -0.39 is 5.60 Å². The van der Waals surface area contributed by atoms with Gasteiger partial charge >= 0.3 is 0 Å². The maximum absolute atomic E-state index is 13.4. The van der Waals surface area contributed by atoms with Gasteiger partial charge in [-0.05, 0) is 55.1 Å². The van der Waals surface area contributed by atoms with Crippen molar-refractivity contribution in [2.24, 2.45) is 0 Å². The number of anilines is 3. The molecule has 0 unspecified atom stereocenters. The van der Waals surface area contributed by atoms with Gasteiger partial charge in [-0.15, -0.1) is 0 Å². The fourth-order valence-electron chi connectivity index (χ4n) is 3.95. The van der Waals surface area contributed by atoms with Gasteiger partial charge in [-0.1, -0.05) is 24.3 Å². The maximum atomic E-state index is 13.4. The number of fused-ring (bicyclic) bond motifs is 2. The summed E-state index contributed by atoms with van der Waals surface area (Å²) in [4.78, 5) is 30.4. The van der Waals surface area contributed by atoms with Crippen molar-refractivity contribution in [1.29, 1.82) is 0 Å². The first-order valence-electron chi connectivity index (χ1n) is 11.1. The summed E-state index contributed by atoms with van der Waals surface area (Å²) in [7, 11) is 0. The van der Waals surface area contributed by atoms with Crippen molar-refractivity contribution < 1.29 is 9.90 Å². The smallest absolute Gasteiger partial charge is 0.261 e. The zero-order chi connectivity index (χ0) is 24.6. The van der Waals surface area contributed by atoms with Gasteiger partial charge in [-0.3, -0.25) is 14.7 Å². The minimum Gasteiger partial charge on any atom is -0.386 e. The largest absolute Gasteiger partial charge is 0.386 e. The van der Waals surface area contributed by atoms with E-state index >= 15 is 0 Å². The van der Waals surface area contributed by atoms with Crippen molar-refractivity contribution in [2.75, 3.05) is 10.6 Å². The van der Waals surface area contributed by atoms with Crippen molar-refractivity contribution >= 4 is 44.8 Å². The Morgan fingerprint density at radius 2 is 1.89 bits per heavy atom. The molecule has 3 heterocycles. The van der Waals surface area contributed by atoms with Gasteiger partial charge < -0.3 is 20.3 Å². The Morgan fingerprint density at radius 1 is 1.06 bits per heavy atom. The summed E-state index contributed by atoms with van der Waals surface area (Å²) in [6.45, 7) is 3.20. The summed E-state index contributed by atoms with van der Waals surface area (Å²) in [6.07, 6.45) is 4.95. The van der Waals surface area contributed by atoms with Crippen LogP contribution in [-0.2, 0) is 16.9 Å². The molecule has 0 aliphatic carbocycles. The van der Waals surface area contributed by atoms with Crippen LogP contribution in [0.3, 0.4) is 0 Å². The molecular formula is C26H24N6O3. The molecule has 2 aromatic carbocycles. The molecule has 0 saturated heterocycles. The zero-order valence-electron chi connectivity index (χ0n) is 19.2. The van der Waals surface area contributed by atoms with Crippen LogP contribution in [0.15, 0.2) is 78.0 Å². The molecule has 9 nitrogen and oxygen atoms in total. The van der Waals surface area contributed by atoms with Crippen LogP contribution in [-0.4, -0.2) is 30.8 Å². The molecule has 1 amide bonds. The van der Waals surface area contributed by atoms with E-state index in [1.54, 1.807) is 56.7 Å². The molecule has 0 saturated carbocycles. The predicted molar refractivity (Wildman–Crippen MR) is 136 cm³/mol. The third-order valence-corrected chi connectivity index (χ3v) is 5.74. The molecule has 0 atom stereocenters. The second-order valence-corrected chi connectivity index (χ2v) is 8.86. The number of rotatable bonds is 6. The number of H-pyrrole nitrogens is 1. The Labute approximate surface area is 200 Å². The second kappa shape index (κ2) is 8.69. The average molecular weight is 469 g/mol. The minimum absolute atomic E-state index is 0.154. The molecule has 5 rings (SSSR count). The molecule has 0 radical (unpaired) electrons. The topological polar surface area (TPSA) is 125 Å². The minimum atomic E-state index is -1.03. The number of hydrogen-bond donors (Lipinski definition) is 4. The standard InChI is InChI=1S/C26H24N6O3/c1-26(2,35)18-6-4-7-19(12-18)30-22(33)15-32-10-9-16-5-3-8-21(23(16)25(32)34)29-20-11-17-13-28-31-24(17)27-14-20/h3-14,29,35H,15H2,1-2H3,(H,30,33)(H,27,28,31). The highest BCUT2D eigenvalue weighted by Gasteiger charge is 2.17. The Morgan fingerprint density at radius 3 is 2.71 bits per heavy atom. The van der Waals surface area contributed by atoms with Crippen LogP contribution in [0.5, 0.6) is 0 Å². The van der Waals surface area contributed by atoms with Crippen LogP contribution in [0.1, 0.15) is 19.4 Å². The van der Waals surface area contributed by atoms with Crippen LogP contribution in [0, 0.1) is 0 Å². The monoisotopic (exact) mass is 468 g/mol. The first-order valence-corrected chi connectivity index (χ1v) is 11.1. The Balaban J connectivity index is 1.42. The molecule has 0 aliphatic heterocycles. The molecule has 3 aromatic heterocycles. The molecule has 0 bridgehead atoms. The number of nitrogens with one attached hydrogen (secondary N) is 3. The van der Waals surface area contributed by atoms with Crippen molar-refractivity contribution in [3.63, 3.8) is 0 Å². The van der Waals surface area contributed by atoms with Gasteiger partial charge in [0, 0.05) is 17.3 Å². The quantitative estimate of drug-likeness (QED) is 0.300. The predicted octanol–water partition coefficient (Wildman–Crippen LogP) is 3.88. The highest BCUT2D eigenvalue weighted by Crippen LogP contribution is 2.25. The average Bonchev–Trinajstić information content (AvgIpc) is 3.28. The number of carbonyl (C=O) groups is 1. The van der Waals surface area contributed by atoms with Crippen molar-refractivity contribution in [1.82, 2.24) is 19.7 Å². The summed E-state index contributed by atoms with van der Waals surface area (Å²) >= 11 is 0. The first kappa shape index (κ1) is 22.3. The molecule has 0 fully saturated rings. The van der Waals surface area contributed by atoms with Gasteiger partial charge in [-0.2, -0.15) is 5.10 Å². The molecule has 35 heavy (non-hydrogen) atoms. The fourth-order valence-corrected chi connectivity index (χ4v) is 3.95. The number of nitrogens with zero attached hydrogens (tertiary/aromatic N) is 3. The number of carbonyl (C=O) groups excluding carboxylic acids is 1. The van der Waals surface area contributed by atoms with E-state index in [1.807, 2.05) is 30.3 Å². The number of aromatic nitrogens is 4. The number of benzene rings is 2. The Bertz CT molecular complexity index is 1610. The van der Waals surface area contributed by atoms with Gasteiger partial charge in [0.15, 0.2) is 5.65 Å². The SMILES string of the molecule is CC(C)(O)c1cccc(NC(=O)Cn2ccc3cccc(Nc4cnc5[nH]ncc5c4)c3c2=O)c1. The van der Waals surface area contributed by atoms with Gasteiger partial charge in [-0.25, -0.2) is 4.98 Å². The summed E-state index contributed by atoms with van der Waals surface area (Å²) in [5, 5.41) is 25.2. The summed E-state index contributed by atoms with van der Waals surface area (Å²) < 4.78 is 1.38. The van der Waals surface area contributed by atoms with Gasteiger partial charge in [0.2, 0.25) is 5.91 Å². The summed E-state index contributed by atoms with van der Waals surface area (Å²) in [5.41, 5.74) is 1.91. The molecule has 0 spiro atoms. The number of aromatic amines is 1. The number of aliphatic hydroxyl groups is 1. The first-order chi connectivity index (χ1) is 16.8. The molecule has 176 valence electrons. The number of pyridine rings is 2. The number of amides is 1. The lowest BCUT2D eigenvalue weighted by atomic mass is 9.98. The third kappa shape index (κ3) is 4.62. The highest BCUT2D eigenvalue weighted by atomic mass is 16.3. The van der Waals surface area contributed by atoms with E-state index in [0.717, 1.165) is 10.8 Å².